The SMILES string of the molecule is Cc1cc(C)n(-c2cc(OCC3CCN(c4cc(C5CC5)ncn4)CC3)ncn2)n1. The molecule has 1 aliphatic carbocycles. The lowest BCUT2D eigenvalue weighted by Crippen LogP contribution is -2.36. The van der Waals surface area contributed by atoms with Gasteiger partial charge in [0.1, 0.15) is 18.5 Å². The van der Waals surface area contributed by atoms with E-state index in [1.54, 1.807) is 6.33 Å². The number of hydrogen-bond acceptors (Lipinski definition) is 7. The zero-order chi connectivity index (χ0) is 20.5. The number of anilines is 1. The lowest BCUT2D eigenvalue weighted by molar-refractivity contribution is 0.215. The minimum atomic E-state index is 0.512. The van der Waals surface area contributed by atoms with Crippen molar-refractivity contribution in [1.29, 1.82) is 0 Å². The average molecular weight is 406 g/mol. The second-order valence-corrected chi connectivity index (χ2v) is 8.37. The summed E-state index contributed by atoms with van der Waals surface area (Å²) in [4.78, 5) is 19.9. The Morgan fingerprint density at radius 3 is 2.40 bits per heavy atom. The van der Waals surface area contributed by atoms with Crippen molar-refractivity contribution in [1.82, 2.24) is 29.7 Å². The van der Waals surface area contributed by atoms with E-state index in [1.807, 2.05) is 30.7 Å². The molecular formula is C22H27N7O. The van der Waals surface area contributed by atoms with Gasteiger partial charge in [-0.2, -0.15) is 5.10 Å². The van der Waals surface area contributed by atoms with Gasteiger partial charge in [0.2, 0.25) is 5.88 Å². The van der Waals surface area contributed by atoms with E-state index in [-0.39, 0.29) is 0 Å². The number of piperidine rings is 1. The molecule has 30 heavy (non-hydrogen) atoms. The Morgan fingerprint density at radius 2 is 1.67 bits per heavy atom. The lowest BCUT2D eigenvalue weighted by atomic mass is 9.98. The molecule has 8 heteroatoms. The summed E-state index contributed by atoms with van der Waals surface area (Å²) in [6.07, 6.45) is 7.95. The molecule has 1 saturated carbocycles. The molecule has 156 valence electrons. The van der Waals surface area contributed by atoms with Gasteiger partial charge in [-0.05, 0) is 51.5 Å². The molecule has 0 unspecified atom stereocenters. The number of aryl methyl sites for hydroxylation is 2. The van der Waals surface area contributed by atoms with Gasteiger partial charge in [0.05, 0.1) is 12.3 Å². The summed E-state index contributed by atoms with van der Waals surface area (Å²) >= 11 is 0. The van der Waals surface area contributed by atoms with Crippen molar-refractivity contribution < 1.29 is 4.74 Å². The lowest BCUT2D eigenvalue weighted by Gasteiger charge is -2.32. The molecule has 0 spiro atoms. The van der Waals surface area contributed by atoms with Crippen molar-refractivity contribution in [3.63, 3.8) is 0 Å². The molecule has 2 fully saturated rings. The molecule has 0 atom stereocenters. The first kappa shape index (κ1) is 19.0. The Labute approximate surface area is 176 Å². The zero-order valence-electron chi connectivity index (χ0n) is 17.5. The van der Waals surface area contributed by atoms with Crippen molar-refractivity contribution in [3.05, 3.63) is 47.9 Å². The first-order valence-corrected chi connectivity index (χ1v) is 10.7. The molecule has 5 rings (SSSR count). The van der Waals surface area contributed by atoms with Crippen LogP contribution in [0.5, 0.6) is 5.88 Å². The van der Waals surface area contributed by atoms with E-state index in [4.69, 9.17) is 4.74 Å². The van der Waals surface area contributed by atoms with Crippen molar-refractivity contribution >= 4 is 5.82 Å². The summed E-state index contributed by atoms with van der Waals surface area (Å²) in [6.45, 7) is 6.65. The standard InChI is InChI=1S/C22H27N7O/c1-15-9-16(2)29(27-15)21-11-22(26-14-25-21)30-12-17-5-7-28(8-6-17)20-10-19(18-3-4-18)23-13-24-20/h9-11,13-14,17-18H,3-8,12H2,1-2H3. The molecule has 0 aromatic carbocycles. The highest BCUT2D eigenvalue weighted by Gasteiger charge is 2.27. The third-order valence-electron chi connectivity index (χ3n) is 5.93. The number of hydrogen-bond donors (Lipinski definition) is 0. The summed E-state index contributed by atoms with van der Waals surface area (Å²) in [5, 5.41) is 4.48. The van der Waals surface area contributed by atoms with E-state index < -0.39 is 0 Å². The van der Waals surface area contributed by atoms with Crippen LogP contribution in [0.3, 0.4) is 0 Å². The Bertz CT molecular complexity index is 1020. The van der Waals surface area contributed by atoms with E-state index in [9.17, 15) is 0 Å². The van der Waals surface area contributed by atoms with Gasteiger partial charge in [-0.15, -0.1) is 0 Å². The van der Waals surface area contributed by atoms with Crippen molar-refractivity contribution in [2.24, 2.45) is 5.92 Å². The minimum Gasteiger partial charge on any atom is -0.477 e. The fraction of sp³-hybridized carbons (Fsp3) is 0.500. The van der Waals surface area contributed by atoms with Crippen LogP contribution >= 0.6 is 0 Å². The maximum Gasteiger partial charge on any atom is 0.218 e. The molecule has 2 aliphatic rings. The fourth-order valence-corrected chi connectivity index (χ4v) is 4.05. The van der Waals surface area contributed by atoms with Crippen molar-refractivity contribution in [3.8, 4) is 11.7 Å². The molecule has 3 aromatic rings. The number of nitrogens with zero attached hydrogens (tertiary/aromatic N) is 7. The van der Waals surface area contributed by atoms with Gasteiger partial charge in [0.15, 0.2) is 5.82 Å². The van der Waals surface area contributed by atoms with Crippen LogP contribution in [0.25, 0.3) is 5.82 Å². The quantitative estimate of drug-likeness (QED) is 0.623. The number of rotatable bonds is 6. The van der Waals surface area contributed by atoms with Crippen LogP contribution < -0.4 is 9.64 Å². The maximum atomic E-state index is 6.02. The smallest absolute Gasteiger partial charge is 0.218 e. The van der Waals surface area contributed by atoms with Crippen LogP contribution in [0, 0.1) is 19.8 Å². The third kappa shape index (κ3) is 4.13. The highest BCUT2D eigenvalue weighted by molar-refractivity contribution is 5.40. The van der Waals surface area contributed by atoms with Crippen LogP contribution in [0.1, 0.15) is 48.7 Å². The number of aromatic nitrogens is 6. The highest BCUT2D eigenvalue weighted by Crippen LogP contribution is 2.39. The fourth-order valence-electron chi connectivity index (χ4n) is 4.05. The van der Waals surface area contributed by atoms with E-state index in [0.717, 1.165) is 49.0 Å². The topological polar surface area (TPSA) is 81.9 Å². The van der Waals surface area contributed by atoms with E-state index >= 15 is 0 Å². The van der Waals surface area contributed by atoms with E-state index in [0.29, 0.717) is 24.3 Å². The summed E-state index contributed by atoms with van der Waals surface area (Å²) in [5.74, 6) is 3.56. The third-order valence-corrected chi connectivity index (χ3v) is 5.93. The Hall–Kier alpha value is -3.03. The van der Waals surface area contributed by atoms with Gasteiger partial charge in [-0.1, -0.05) is 0 Å². The van der Waals surface area contributed by atoms with Crippen molar-refractivity contribution in [2.45, 2.75) is 45.4 Å². The Kier molecular flexibility index (Phi) is 5.06. The van der Waals surface area contributed by atoms with Crippen LogP contribution in [-0.2, 0) is 0 Å². The van der Waals surface area contributed by atoms with Gasteiger partial charge >= 0.3 is 0 Å². The largest absolute Gasteiger partial charge is 0.477 e. The Balaban J connectivity index is 1.16. The molecule has 0 N–H and O–H groups in total. The predicted octanol–water partition coefficient (Wildman–Crippen LogP) is 3.24. The highest BCUT2D eigenvalue weighted by atomic mass is 16.5. The average Bonchev–Trinajstić information content (AvgIpc) is 3.57. The molecular weight excluding hydrogens is 378 g/mol. The normalized spacial score (nSPS) is 17.3. The summed E-state index contributed by atoms with van der Waals surface area (Å²) in [7, 11) is 0. The van der Waals surface area contributed by atoms with Gasteiger partial charge in [-0.25, -0.2) is 24.6 Å². The molecule has 4 heterocycles. The molecule has 3 aromatic heterocycles. The van der Waals surface area contributed by atoms with Crippen LogP contribution in [0.15, 0.2) is 30.9 Å². The molecule has 0 bridgehead atoms. The first-order valence-electron chi connectivity index (χ1n) is 10.7. The van der Waals surface area contributed by atoms with E-state index in [1.165, 1.54) is 24.9 Å². The first-order chi connectivity index (χ1) is 14.7. The zero-order valence-corrected chi connectivity index (χ0v) is 17.5. The predicted molar refractivity (Wildman–Crippen MR) is 113 cm³/mol. The van der Waals surface area contributed by atoms with Crippen LogP contribution in [0.2, 0.25) is 0 Å². The van der Waals surface area contributed by atoms with Crippen LogP contribution in [-0.4, -0.2) is 49.4 Å². The number of ether oxygens (including phenoxy) is 1. The van der Waals surface area contributed by atoms with Crippen LogP contribution in [0.4, 0.5) is 5.82 Å². The minimum absolute atomic E-state index is 0.512. The van der Waals surface area contributed by atoms with Gasteiger partial charge < -0.3 is 9.64 Å². The van der Waals surface area contributed by atoms with Gasteiger partial charge in [0.25, 0.3) is 0 Å². The second-order valence-electron chi connectivity index (χ2n) is 8.37. The molecule has 0 radical (unpaired) electrons. The summed E-state index contributed by atoms with van der Waals surface area (Å²) < 4.78 is 7.84. The van der Waals surface area contributed by atoms with E-state index in [2.05, 4.69) is 36.0 Å². The maximum absolute atomic E-state index is 6.02. The molecule has 0 amide bonds. The molecule has 8 nitrogen and oxygen atoms in total. The van der Waals surface area contributed by atoms with Crippen molar-refractivity contribution in [2.75, 3.05) is 24.6 Å². The second kappa shape index (κ2) is 8.01. The van der Waals surface area contributed by atoms with Gasteiger partial charge in [0, 0.05) is 42.5 Å². The van der Waals surface area contributed by atoms with Gasteiger partial charge in [-0.3, -0.25) is 0 Å². The summed E-state index contributed by atoms with van der Waals surface area (Å²) in [6, 6.07) is 6.06. The molecule has 1 aliphatic heterocycles. The molecule has 1 saturated heterocycles. The monoisotopic (exact) mass is 405 g/mol. The Morgan fingerprint density at radius 1 is 0.900 bits per heavy atom. The summed E-state index contributed by atoms with van der Waals surface area (Å²) in [5.41, 5.74) is 3.21.